The van der Waals surface area contributed by atoms with Gasteiger partial charge in [0.1, 0.15) is 28.7 Å². The molecule has 0 radical (unpaired) electrons. The second-order valence-electron chi connectivity index (χ2n) is 10.8. The van der Waals surface area contributed by atoms with Crippen LogP contribution in [0.3, 0.4) is 0 Å². The number of nitrogens with one attached hydrogen (secondary N) is 1. The summed E-state index contributed by atoms with van der Waals surface area (Å²) in [5.74, 6) is 0.153. The van der Waals surface area contributed by atoms with Gasteiger partial charge in [-0.05, 0) is 59.5 Å². The number of aromatic nitrogens is 6. The summed E-state index contributed by atoms with van der Waals surface area (Å²) in [6, 6.07) is 2.93. The normalized spacial score (nSPS) is 21.0. The molecule has 12 heteroatoms. The van der Waals surface area contributed by atoms with Gasteiger partial charge in [0.25, 0.3) is 0 Å². The van der Waals surface area contributed by atoms with Crippen molar-refractivity contribution in [2.75, 3.05) is 5.32 Å². The van der Waals surface area contributed by atoms with Gasteiger partial charge in [0, 0.05) is 35.7 Å². The second kappa shape index (κ2) is 9.95. The number of anilines is 1. The van der Waals surface area contributed by atoms with Crippen molar-refractivity contribution >= 4 is 50.2 Å². The van der Waals surface area contributed by atoms with Crippen molar-refractivity contribution in [3.8, 4) is 11.1 Å². The number of aryl methyl sites for hydroxylation is 2. The molecule has 41 heavy (non-hydrogen) atoms. The van der Waals surface area contributed by atoms with Crippen molar-refractivity contribution < 1.29 is 14.4 Å². The van der Waals surface area contributed by atoms with Crippen LogP contribution >= 0.6 is 15.9 Å². The number of benzene rings is 1. The third kappa shape index (κ3) is 4.71. The van der Waals surface area contributed by atoms with Gasteiger partial charge in [0.15, 0.2) is 11.6 Å². The molecule has 6 rings (SSSR count). The van der Waals surface area contributed by atoms with Gasteiger partial charge in [-0.1, -0.05) is 19.1 Å². The zero-order chi connectivity index (χ0) is 29.1. The molecule has 4 heterocycles. The number of rotatable bonds is 6. The summed E-state index contributed by atoms with van der Waals surface area (Å²) >= 11 is 3.26. The summed E-state index contributed by atoms with van der Waals surface area (Å²) in [6.07, 6.45) is 10.9. The number of fused-ring (bicyclic) bond motifs is 2. The molecule has 4 aromatic rings. The summed E-state index contributed by atoms with van der Waals surface area (Å²) in [7, 11) is 0. The molecular formula is C29H27BrN8O3. The molecule has 208 valence electrons. The number of ketones is 1. The van der Waals surface area contributed by atoms with Crippen LogP contribution in [0.1, 0.15) is 42.1 Å². The van der Waals surface area contributed by atoms with E-state index in [-0.39, 0.29) is 41.3 Å². The molecule has 0 spiro atoms. The highest BCUT2D eigenvalue weighted by Gasteiger charge is 2.55. The number of carbonyl (C=O) groups is 3. The summed E-state index contributed by atoms with van der Waals surface area (Å²) in [4.78, 5) is 58.5. The Hall–Kier alpha value is -4.32. The number of halogens is 1. The van der Waals surface area contributed by atoms with E-state index >= 15 is 0 Å². The van der Waals surface area contributed by atoms with E-state index in [4.69, 9.17) is 0 Å². The highest BCUT2D eigenvalue weighted by Crippen LogP contribution is 2.49. The number of amides is 2. The minimum Gasteiger partial charge on any atom is -0.322 e. The first-order valence-corrected chi connectivity index (χ1v) is 13.9. The third-order valence-electron chi connectivity index (χ3n) is 7.82. The van der Waals surface area contributed by atoms with Gasteiger partial charge in [0.2, 0.25) is 11.8 Å². The number of hydrogen-bond acceptors (Lipinski definition) is 8. The zero-order valence-corrected chi connectivity index (χ0v) is 24.5. The molecule has 2 aliphatic rings. The van der Waals surface area contributed by atoms with Crippen LogP contribution in [0, 0.1) is 19.3 Å². The zero-order valence-electron chi connectivity index (χ0n) is 22.9. The summed E-state index contributed by atoms with van der Waals surface area (Å²) in [5.41, 5.74) is 3.18. The lowest BCUT2D eigenvalue weighted by Crippen LogP contribution is -2.50. The Morgan fingerprint density at radius 3 is 2.51 bits per heavy atom. The van der Waals surface area contributed by atoms with Crippen molar-refractivity contribution in [1.82, 2.24) is 34.6 Å². The topological polar surface area (TPSA) is 136 Å². The van der Waals surface area contributed by atoms with Crippen LogP contribution in [-0.2, 0) is 16.1 Å². The molecule has 3 atom stereocenters. The molecular weight excluding hydrogens is 588 g/mol. The first kappa shape index (κ1) is 26.9. The van der Waals surface area contributed by atoms with Gasteiger partial charge < -0.3 is 10.2 Å². The van der Waals surface area contributed by atoms with Crippen LogP contribution < -0.4 is 5.32 Å². The highest BCUT2D eigenvalue weighted by molar-refractivity contribution is 9.10. The van der Waals surface area contributed by atoms with Crippen LogP contribution in [0.25, 0.3) is 22.0 Å². The molecule has 0 saturated carbocycles. The number of Topliss-reactive ketones (excluding diaryl/α,β-unsaturated/α-hetero) is 1. The van der Waals surface area contributed by atoms with Gasteiger partial charge in [-0.25, -0.2) is 15.0 Å². The maximum Gasteiger partial charge on any atom is 0.248 e. The monoisotopic (exact) mass is 614 g/mol. The number of likely N-dealkylation sites (tertiary alicyclic amines) is 1. The van der Waals surface area contributed by atoms with Gasteiger partial charge in [0.05, 0.1) is 24.0 Å². The molecule has 0 unspecified atom stereocenters. The Kier molecular flexibility index (Phi) is 6.52. The summed E-state index contributed by atoms with van der Waals surface area (Å²) in [6.45, 7) is 7.12. The molecule has 3 aromatic heterocycles. The van der Waals surface area contributed by atoms with Crippen LogP contribution in [0.15, 0.2) is 53.7 Å². The molecule has 1 fully saturated rings. The van der Waals surface area contributed by atoms with Gasteiger partial charge in [-0.2, -0.15) is 5.10 Å². The van der Waals surface area contributed by atoms with E-state index in [1.165, 1.54) is 19.3 Å². The Balaban J connectivity index is 1.34. The van der Waals surface area contributed by atoms with E-state index in [0.717, 1.165) is 16.7 Å². The second-order valence-corrected chi connectivity index (χ2v) is 11.6. The first-order valence-electron chi connectivity index (χ1n) is 13.1. The fourth-order valence-corrected chi connectivity index (χ4v) is 6.11. The van der Waals surface area contributed by atoms with Crippen molar-refractivity contribution in [1.29, 1.82) is 0 Å². The predicted molar refractivity (Wildman–Crippen MR) is 155 cm³/mol. The minimum absolute atomic E-state index is 0.126. The molecule has 1 aliphatic heterocycles. The first-order chi connectivity index (χ1) is 19.5. The number of carbonyl (C=O) groups excluding carboxylic acids is 3. The fourth-order valence-electron chi connectivity index (χ4n) is 5.80. The van der Waals surface area contributed by atoms with Crippen LogP contribution in [-0.4, -0.2) is 64.3 Å². The van der Waals surface area contributed by atoms with Gasteiger partial charge in [-0.15, -0.1) is 0 Å². The van der Waals surface area contributed by atoms with Crippen LogP contribution in [0.4, 0.5) is 5.82 Å². The smallest absolute Gasteiger partial charge is 0.248 e. The maximum atomic E-state index is 13.9. The lowest BCUT2D eigenvalue weighted by Gasteiger charge is -2.38. The third-order valence-corrected chi connectivity index (χ3v) is 8.20. The SMILES string of the molecule is CC(=O)c1nn(CC(=O)N2[C@H](C(=O)Nc3cncc(Br)n3)C[C@@]3(C)C=C[C@@H]23)c2c(C)cc(-c3cnc(C)nc3)cc12. The quantitative estimate of drug-likeness (QED) is 0.254. The van der Waals surface area contributed by atoms with Crippen LogP contribution in [0.5, 0.6) is 0 Å². The molecule has 1 aliphatic carbocycles. The molecule has 0 bridgehead atoms. The number of hydrogen-bond donors (Lipinski definition) is 1. The summed E-state index contributed by atoms with van der Waals surface area (Å²) in [5, 5.41) is 8.04. The largest absolute Gasteiger partial charge is 0.322 e. The lowest BCUT2D eigenvalue weighted by atomic mass is 9.73. The molecule has 1 saturated heterocycles. The van der Waals surface area contributed by atoms with E-state index in [9.17, 15) is 14.4 Å². The maximum absolute atomic E-state index is 13.9. The van der Waals surface area contributed by atoms with Crippen molar-refractivity contribution in [2.45, 2.75) is 52.7 Å². The van der Waals surface area contributed by atoms with E-state index in [0.29, 0.717) is 33.6 Å². The van der Waals surface area contributed by atoms with E-state index < -0.39 is 6.04 Å². The Labute approximate surface area is 244 Å². The van der Waals surface area contributed by atoms with E-state index in [1.807, 2.05) is 45.1 Å². The Morgan fingerprint density at radius 1 is 1.10 bits per heavy atom. The molecule has 1 N–H and O–H groups in total. The van der Waals surface area contributed by atoms with Crippen molar-refractivity contribution in [3.63, 3.8) is 0 Å². The van der Waals surface area contributed by atoms with Crippen molar-refractivity contribution in [2.24, 2.45) is 5.41 Å². The molecule has 11 nitrogen and oxygen atoms in total. The van der Waals surface area contributed by atoms with E-state index in [2.05, 4.69) is 46.3 Å². The van der Waals surface area contributed by atoms with Crippen LogP contribution in [0.2, 0.25) is 0 Å². The van der Waals surface area contributed by atoms with Gasteiger partial charge in [-0.3, -0.25) is 24.0 Å². The van der Waals surface area contributed by atoms with Crippen molar-refractivity contribution in [3.05, 3.63) is 70.8 Å². The summed E-state index contributed by atoms with van der Waals surface area (Å²) < 4.78 is 2.06. The minimum atomic E-state index is -0.711. The average Bonchev–Trinajstić information content (AvgIpc) is 3.38. The predicted octanol–water partition coefficient (Wildman–Crippen LogP) is 4.05. The highest BCUT2D eigenvalue weighted by atomic mass is 79.9. The molecule has 1 aromatic carbocycles. The Bertz CT molecular complexity index is 1770. The Morgan fingerprint density at radius 2 is 1.85 bits per heavy atom. The average molecular weight is 615 g/mol. The fraction of sp³-hybridized carbons (Fsp3) is 0.310. The van der Waals surface area contributed by atoms with Gasteiger partial charge >= 0.3 is 0 Å². The standard InChI is InChI=1S/C29H27BrN8O3/c1-15-7-18(19-10-32-17(3)33-11-19)8-20-26(16(2)39)36-37(27(15)20)14-25(40)38-21(9-29(4)6-5-22(29)38)28(41)35-24-13-31-12-23(30)34-24/h5-8,10-13,21-22H,9,14H2,1-4H3,(H,34,35,41)/t21-,22+,29+/m0/s1. The number of nitrogens with zero attached hydrogens (tertiary/aromatic N) is 7. The van der Waals surface area contributed by atoms with E-state index in [1.54, 1.807) is 22.0 Å². The molecule has 2 amide bonds. The lowest BCUT2D eigenvalue weighted by molar-refractivity contribution is -0.139.